The summed E-state index contributed by atoms with van der Waals surface area (Å²) in [5.74, 6) is -1.14. The Hall–Kier alpha value is -1.14. The predicted molar refractivity (Wildman–Crippen MR) is 70.6 cm³/mol. The molecule has 0 bridgehead atoms. The summed E-state index contributed by atoms with van der Waals surface area (Å²) in [6, 6.07) is -0.441. The van der Waals surface area contributed by atoms with E-state index in [1.165, 1.54) is 0 Å². The van der Waals surface area contributed by atoms with E-state index in [2.05, 4.69) is 5.32 Å². The molecule has 110 valence electrons. The van der Waals surface area contributed by atoms with Crippen molar-refractivity contribution in [2.75, 3.05) is 13.7 Å². The Morgan fingerprint density at radius 3 is 2.53 bits per heavy atom. The molecular formula is C13H24N2O4. The highest BCUT2D eigenvalue weighted by Gasteiger charge is 2.27. The summed E-state index contributed by atoms with van der Waals surface area (Å²) < 4.78 is 4.91. The molecule has 0 radical (unpaired) electrons. The summed E-state index contributed by atoms with van der Waals surface area (Å²) in [4.78, 5) is 22.6. The predicted octanol–water partition coefficient (Wildman–Crippen LogP) is 0.500. The van der Waals surface area contributed by atoms with E-state index in [-0.39, 0.29) is 17.9 Å². The lowest BCUT2D eigenvalue weighted by Gasteiger charge is -2.27. The normalized spacial score (nSPS) is 24.7. The third-order valence-corrected chi connectivity index (χ3v) is 3.62. The maximum Gasteiger partial charge on any atom is 0.306 e. The fourth-order valence-corrected chi connectivity index (χ4v) is 2.37. The molecule has 6 nitrogen and oxygen atoms in total. The Morgan fingerprint density at radius 1 is 1.37 bits per heavy atom. The largest absolute Gasteiger partial charge is 0.481 e. The third kappa shape index (κ3) is 5.57. The van der Waals surface area contributed by atoms with E-state index in [4.69, 9.17) is 15.6 Å². The maximum atomic E-state index is 11.8. The van der Waals surface area contributed by atoms with Gasteiger partial charge >= 0.3 is 5.97 Å². The zero-order valence-electron chi connectivity index (χ0n) is 11.4. The number of carboxylic acids is 1. The van der Waals surface area contributed by atoms with Gasteiger partial charge in [-0.1, -0.05) is 0 Å². The summed E-state index contributed by atoms with van der Waals surface area (Å²) >= 11 is 0. The average Bonchev–Trinajstić information content (AvgIpc) is 2.39. The summed E-state index contributed by atoms with van der Waals surface area (Å²) in [6.45, 7) is 0.602. The second-order valence-electron chi connectivity index (χ2n) is 5.14. The monoisotopic (exact) mass is 272 g/mol. The Morgan fingerprint density at radius 2 is 2.00 bits per heavy atom. The minimum absolute atomic E-state index is 0.0663. The molecule has 0 aliphatic heterocycles. The molecule has 1 fully saturated rings. The van der Waals surface area contributed by atoms with Gasteiger partial charge in [-0.2, -0.15) is 0 Å². The molecule has 0 aromatic carbocycles. The van der Waals surface area contributed by atoms with Gasteiger partial charge in [0.15, 0.2) is 0 Å². The van der Waals surface area contributed by atoms with Crippen LogP contribution in [0.4, 0.5) is 0 Å². The molecule has 4 N–H and O–H groups in total. The van der Waals surface area contributed by atoms with Gasteiger partial charge in [0.25, 0.3) is 0 Å². The summed E-state index contributed by atoms with van der Waals surface area (Å²) in [7, 11) is 1.62. The van der Waals surface area contributed by atoms with Gasteiger partial charge in [0.05, 0.1) is 12.0 Å². The average molecular weight is 272 g/mol. The number of rotatable bonds is 7. The van der Waals surface area contributed by atoms with Gasteiger partial charge in [-0.3, -0.25) is 9.59 Å². The van der Waals surface area contributed by atoms with Crippen molar-refractivity contribution >= 4 is 11.9 Å². The van der Waals surface area contributed by atoms with Crippen LogP contribution >= 0.6 is 0 Å². The van der Waals surface area contributed by atoms with Crippen molar-refractivity contribution in [1.82, 2.24) is 5.32 Å². The molecule has 1 aliphatic rings. The first-order valence-corrected chi connectivity index (χ1v) is 6.82. The fraction of sp³-hybridized carbons (Fsp3) is 0.846. The van der Waals surface area contributed by atoms with Crippen molar-refractivity contribution in [3.05, 3.63) is 0 Å². The number of aliphatic carboxylic acids is 1. The quantitative estimate of drug-likeness (QED) is 0.586. The lowest BCUT2D eigenvalue weighted by molar-refractivity contribution is -0.142. The zero-order valence-corrected chi connectivity index (χ0v) is 11.4. The number of carbonyl (C=O) groups excluding carboxylic acids is 1. The van der Waals surface area contributed by atoms with E-state index in [1.807, 2.05) is 0 Å². The topological polar surface area (TPSA) is 102 Å². The number of carbonyl (C=O) groups is 2. The first-order chi connectivity index (χ1) is 9.04. The molecule has 0 aromatic rings. The number of nitrogens with two attached hydrogens (primary N) is 1. The van der Waals surface area contributed by atoms with Gasteiger partial charge in [-0.05, 0) is 38.5 Å². The highest BCUT2D eigenvalue weighted by molar-refractivity contribution is 5.81. The van der Waals surface area contributed by atoms with Crippen LogP contribution in [0.2, 0.25) is 0 Å². The summed E-state index contributed by atoms with van der Waals surface area (Å²) in [5.41, 5.74) is 5.79. The molecule has 0 heterocycles. The SMILES string of the molecule is COCCCC(N)C(=O)NC1CCC(C(=O)O)CC1. The van der Waals surface area contributed by atoms with Crippen LogP contribution in [0.3, 0.4) is 0 Å². The number of hydrogen-bond donors (Lipinski definition) is 3. The number of ether oxygens (including phenoxy) is 1. The van der Waals surface area contributed by atoms with Crippen molar-refractivity contribution < 1.29 is 19.4 Å². The van der Waals surface area contributed by atoms with Crippen LogP contribution in [0, 0.1) is 5.92 Å². The minimum Gasteiger partial charge on any atom is -0.481 e. The standard InChI is InChI=1S/C13H24N2O4/c1-19-8-2-3-11(14)12(16)15-10-6-4-9(5-7-10)13(17)18/h9-11H,2-8,14H2,1H3,(H,15,16)(H,17,18). The highest BCUT2D eigenvalue weighted by atomic mass is 16.5. The number of amides is 1. The van der Waals surface area contributed by atoms with Crippen LogP contribution < -0.4 is 11.1 Å². The van der Waals surface area contributed by atoms with Gasteiger partial charge in [-0.15, -0.1) is 0 Å². The van der Waals surface area contributed by atoms with E-state index in [0.717, 1.165) is 6.42 Å². The lowest BCUT2D eigenvalue weighted by atomic mass is 9.86. The molecule has 1 atom stereocenters. The smallest absolute Gasteiger partial charge is 0.306 e. The second kappa shape index (κ2) is 8.12. The van der Waals surface area contributed by atoms with E-state index < -0.39 is 12.0 Å². The first kappa shape index (κ1) is 15.9. The van der Waals surface area contributed by atoms with Crippen LogP contribution in [-0.2, 0) is 14.3 Å². The van der Waals surface area contributed by atoms with Crippen LogP contribution in [0.5, 0.6) is 0 Å². The van der Waals surface area contributed by atoms with E-state index in [1.54, 1.807) is 7.11 Å². The van der Waals surface area contributed by atoms with Crippen molar-refractivity contribution in [2.45, 2.75) is 50.6 Å². The maximum absolute atomic E-state index is 11.8. The first-order valence-electron chi connectivity index (χ1n) is 6.82. The van der Waals surface area contributed by atoms with Crippen LogP contribution in [0.25, 0.3) is 0 Å². The van der Waals surface area contributed by atoms with Gasteiger partial charge in [0, 0.05) is 19.8 Å². The van der Waals surface area contributed by atoms with Crippen molar-refractivity contribution in [2.24, 2.45) is 11.7 Å². The number of nitrogens with one attached hydrogen (secondary N) is 1. The third-order valence-electron chi connectivity index (χ3n) is 3.62. The minimum atomic E-state index is -0.735. The van der Waals surface area contributed by atoms with Crippen LogP contribution in [0.1, 0.15) is 38.5 Å². The Balaban J connectivity index is 2.24. The molecule has 0 spiro atoms. The molecular weight excluding hydrogens is 248 g/mol. The van der Waals surface area contributed by atoms with E-state index in [9.17, 15) is 9.59 Å². The molecule has 6 heteroatoms. The number of methoxy groups -OCH3 is 1. The lowest BCUT2D eigenvalue weighted by Crippen LogP contribution is -2.46. The number of hydrogen-bond acceptors (Lipinski definition) is 4. The molecule has 1 unspecified atom stereocenters. The van der Waals surface area contributed by atoms with Crippen molar-refractivity contribution in [3.8, 4) is 0 Å². The molecule has 0 aromatic heterocycles. The van der Waals surface area contributed by atoms with Gasteiger partial charge in [0.1, 0.15) is 0 Å². The van der Waals surface area contributed by atoms with Crippen LogP contribution in [0.15, 0.2) is 0 Å². The summed E-state index contributed by atoms with van der Waals surface area (Å²) in [6.07, 6.45) is 4.04. The molecule has 1 aliphatic carbocycles. The van der Waals surface area contributed by atoms with Gasteiger partial charge in [0.2, 0.25) is 5.91 Å². The molecule has 1 rings (SSSR count). The molecule has 0 saturated heterocycles. The van der Waals surface area contributed by atoms with Crippen molar-refractivity contribution in [3.63, 3.8) is 0 Å². The zero-order chi connectivity index (χ0) is 14.3. The second-order valence-corrected chi connectivity index (χ2v) is 5.14. The van der Waals surface area contributed by atoms with Gasteiger partial charge < -0.3 is 20.9 Å². The molecule has 19 heavy (non-hydrogen) atoms. The van der Waals surface area contributed by atoms with E-state index >= 15 is 0 Å². The molecule has 1 amide bonds. The Kier molecular flexibility index (Phi) is 6.80. The number of carboxylic acid groups (broad SMARTS) is 1. The van der Waals surface area contributed by atoms with Crippen LogP contribution in [-0.4, -0.2) is 42.8 Å². The Bertz CT molecular complexity index is 301. The van der Waals surface area contributed by atoms with E-state index in [0.29, 0.717) is 38.7 Å². The Labute approximate surface area is 113 Å². The fourth-order valence-electron chi connectivity index (χ4n) is 2.37. The molecule has 1 saturated carbocycles. The highest BCUT2D eigenvalue weighted by Crippen LogP contribution is 2.24. The van der Waals surface area contributed by atoms with Crippen molar-refractivity contribution in [1.29, 1.82) is 0 Å². The summed E-state index contributed by atoms with van der Waals surface area (Å²) in [5, 5.41) is 11.8. The van der Waals surface area contributed by atoms with Gasteiger partial charge in [-0.25, -0.2) is 0 Å².